The number of hydrogen-bond donors (Lipinski definition) is 0. The molecule has 2 nitrogen and oxygen atoms in total. The van der Waals surface area contributed by atoms with Crippen molar-refractivity contribution >= 4 is 11.6 Å². The zero-order valence-electron chi connectivity index (χ0n) is 10.3. The van der Waals surface area contributed by atoms with Gasteiger partial charge in [0.25, 0.3) is 0 Å². The summed E-state index contributed by atoms with van der Waals surface area (Å²) in [6.07, 6.45) is 3.96. The monoisotopic (exact) mass is 219 g/mol. The lowest BCUT2D eigenvalue weighted by atomic mass is 10.2. The van der Waals surface area contributed by atoms with Gasteiger partial charge < -0.3 is 4.90 Å². The van der Waals surface area contributed by atoms with Crippen LogP contribution in [-0.2, 0) is 4.79 Å². The first-order valence-electron chi connectivity index (χ1n) is 6.15. The molecule has 0 atom stereocenters. The van der Waals surface area contributed by atoms with E-state index in [9.17, 15) is 4.79 Å². The number of unbranched alkanes of at least 4 members (excludes halogenated alkanes) is 2. The molecule has 0 saturated heterocycles. The summed E-state index contributed by atoms with van der Waals surface area (Å²) in [6, 6.07) is 9.88. The molecule has 0 radical (unpaired) electrons. The number of carbonyl (C=O) groups is 1. The molecule has 0 fully saturated rings. The molecule has 0 spiro atoms. The third-order valence-electron chi connectivity index (χ3n) is 2.68. The van der Waals surface area contributed by atoms with Gasteiger partial charge in [-0.15, -0.1) is 0 Å². The standard InChI is InChI=1S/C14H21NO/c1-3-5-7-12-14(16)15(4-2)13-10-8-6-9-11-13/h6,8-11H,3-5,7,12H2,1-2H3. The normalized spacial score (nSPS) is 10.1. The van der Waals surface area contributed by atoms with Crippen LogP contribution in [0.4, 0.5) is 5.69 Å². The van der Waals surface area contributed by atoms with Crippen molar-refractivity contribution < 1.29 is 4.79 Å². The molecule has 1 aromatic rings. The van der Waals surface area contributed by atoms with Gasteiger partial charge in [0.05, 0.1) is 0 Å². The predicted molar refractivity (Wildman–Crippen MR) is 68.6 cm³/mol. The highest BCUT2D eigenvalue weighted by atomic mass is 16.2. The highest BCUT2D eigenvalue weighted by Gasteiger charge is 2.12. The van der Waals surface area contributed by atoms with Gasteiger partial charge in [0, 0.05) is 18.7 Å². The van der Waals surface area contributed by atoms with E-state index in [2.05, 4.69) is 6.92 Å². The molecule has 0 aromatic heterocycles. The van der Waals surface area contributed by atoms with E-state index < -0.39 is 0 Å². The maximum absolute atomic E-state index is 12.0. The zero-order valence-corrected chi connectivity index (χ0v) is 10.3. The summed E-state index contributed by atoms with van der Waals surface area (Å²) in [5.74, 6) is 0.238. The number of hydrogen-bond acceptors (Lipinski definition) is 1. The second-order valence-corrected chi connectivity index (χ2v) is 3.93. The number of benzene rings is 1. The van der Waals surface area contributed by atoms with Crippen molar-refractivity contribution in [1.82, 2.24) is 0 Å². The van der Waals surface area contributed by atoms with Gasteiger partial charge in [-0.1, -0.05) is 38.0 Å². The quantitative estimate of drug-likeness (QED) is 0.669. The average Bonchev–Trinajstić information content (AvgIpc) is 2.32. The summed E-state index contributed by atoms with van der Waals surface area (Å²) >= 11 is 0. The molecule has 88 valence electrons. The van der Waals surface area contributed by atoms with E-state index in [1.165, 1.54) is 0 Å². The van der Waals surface area contributed by atoms with E-state index in [1.807, 2.05) is 42.2 Å². The lowest BCUT2D eigenvalue weighted by Gasteiger charge is -2.20. The third-order valence-corrected chi connectivity index (χ3v) is 2.68. The Morgan fingerprint density at radius 3 is 2.38 bits per heavy atom. The summed E-state index contributed by atoms with van der Waals surface area (Å²) in [4.78, 5) is 13.8. The van der Waals surface area contributed by atoms with E-state index in [-0.39, 0.29) is 5.91 Å². The highest BCUT2D eigenvalue weighted by Crippen LogP contribution is 2.15. The summed E-state index contributed by atoms with van der Waals surface area (Å²) in [5, 5.41) is 0. The summed E-state index contributed by atoms with van der Waals surface area (Å²) in [7, 11) is 0. The highest BCUT2D eigenvalue weighted by molar-refractivity contribution is 5.93. The van der Waals surface area contributed by atoms with Crippen molar-refractivity contribution in [2.45, 2.75) is 39.5 Å². The second-order valence-electron chi connectivity index (χ2n) is 3.93. The number of amides is 1. The molecular weight excluding hydrogens is 198 g/mol. The van der Waals surface area contributed by atoms with Crippen LogP contribution in [0, 0.1) is 0 Å². The molecular formula is C14H21NO. The number of rotatable bonds is 6. The Morgan fingerprint density at radius 2 is 1.81 bits per heavy atom. The van der Waals surface area contributed by atoms with Crippen LogP contribution in [0.15, 0.2) is 30.3 Å². The molecule has 0 aliphatic rings. The molecule has 1 aromatic carbocycles. The third kappa shape index (κ3) is 3.69. The molecule has 0 aliphatic heterocycles. The molecule has 1 rings (SSSR count). The van der Waals surface area contributed by atoms with Gasteiger partial charge in [0.15, 0.2) is 0 Å². The van der Waals surface area contributed by atoms with E-state index in [0.29, 0.717) is 6.42 Å². The van der Waals surface area contributed by atoms with Crippen molar-refractivity contribution in [2.24, 2.45) is 0 Å². The molecule has 0 N–H and O–H groups in total. The Hall–Kier alpha value is -1.31. The predicted octanol–water partition coefficient (Wildman–Crippen LogP) is 3.62. The van der Waals surface area contributed by atoms with Crippen molar-refractivity contribution in [3.8, 4) is 0 Å². The first-order valence-corrected chi connectivity index (χ1v) is 6.15. The molecule has 0 saturated carbocycles. The number of carbonyl (C=O) groups excluding carboxylic acids is 1. The van der Waals surface area contributed by atoms with Gasteiger partial charge in [-0.25, -0.2) is 0 Å². The number of anilines is 1. The molecule has 0 unspecified atom stereocenters. The Balaban J connectivity index is 2.57. The minimum Gasteiger partial charge on any atom is -0.313 e. The Morgan fingerprint density at radius 1 is 1.12 bits per heavy atom. The fraction of sp³-hybridized carbons (Fsp3) is 0.500. The summed E-state index contributed by atoms with van der Waals surface area (Å²) in [6.45, 7) is 4.92. The lowest BCUT2D eigenvalue weighted by molar-refractivity contribution is -0.118. The SMILES string of the molecule is CCCCCC(=O)N(CC)c1ccccc1. The van der Waals surface area contributed by atoms with Gasteiger partial charge in [0.1, 0.15) is 0 Å². The van der Waals surface area contributed by atoms with E-state index in [0.717, 1.165) is 31.5 Å². The van der Waals surface area contributed by atoms with Crippen molar-refractivity contribution in [3.63, 3.8) is 0 Å². The molecule has 16 heavy (non-hydrogen) atoms. The number of para-hydroxylation sites is 1. The van der Waals surface area contributed by atoms with Crippen molar-refractivity contribution in [1.29, 1.82) is 0 Å². The Labute approximate surface area is 98.3 Å². The first kappa shape index (κ1) is 12.8. The molecule has 2 heteroatoms. The molecule has 0 heterocycles. The van der Waals surface area contributed by atoms with Gasteiger partial charge in [-0.2, -0.15) is 0 Å². The minimum atomic E-state index is 0.238. The maximum Gasteiger partial charge on any atom is 0.226 e. The van der Waals surface area contributed by atoms with E-state index >= 15 is 0 Å². The van der Waals surface area contributed by atoms with E-state index in [4.69, 9.17) is 0 Å². The molecule has 0 bridgehead atoms. The summed E-state index contributed by atoms with van der Waals surface area (Å²) < 4.78 is 0. The maximum atomic E-state index is 12.0. The fourth-order valence-corrected chi connectivity index (χ4v) is 1.77. The van der Waals surface area contributed by atoms with Crippen LogP contribution in [0.25, 0.3) is 0 Å². The van der Waals surface area contributed by atoms with Crippen LogP contribution in [0.5, 0.6) is 0 Å². The van der Waals surface area contributed by atoms with Crippen molar-refractivity contribution in [3.05, 3.63) is 30.3 Å². The first-order chi connectivity index (χ1) is 7.79. The fourth-order valence-electron chi connectivity index (χ4n) is 1.77. The van der Waals surface area contributed by atoms with Crippen LogP contribution in [0.2, 0.25) is 0 Å². The second kappa shape index (κ2) is 7.04. The molecule has 0 aliphatic carbocycles. The van der Waals surface area contributed by atoms with Gasteiger partial charge in [-0.05, 0) is 25.5 Å². The van der Waals surface area contributed by atoms with Crippen LogP contribution in [-0.4, -0.2) is 12.5 Å². The zero-order chi connectivity index (χ0) is 11.8. The van der Waals surface area contributed by atoms with Crippen molar-refractivity contribution in [2.75, 3.05) is 11.4 Å². The topological polar surface area (TPSA) is 20.3 Å². The van der Waals surface area contributed by atoms with Gasteiger partial charge in [-0.3, -0.25) is 4.79 Å². The van der Waals surface area contributed by atoms with Crippen LogP contribution in [0.1, 0.15) is 39.5 Å². The lowest BCUT2D eigenvalue weighted by Crippen LogP contribution is -2.30. The minimum absolute atomic E-state index is 0.238. The smallest absolute Gasteiger partial charge is 0.226 e. The molecule has 1 amide bonds. The number of nitrogens with zero attached hydrogens (tertiary/aromatic N) is 1. The van der Waals surface area contributed by atoms with Gasteiger partial charge in [0.2, 0.25) is 5.91 Å². The Kier molecular flexibility index (Phi) is 5.62. The van der Waals surface area contributed by atoms with Gasteiger partial charge >= 0.3 is 0 Å². The van der Waals surface area contributed by atoms with Crippen LogP contribution in [0.3, 0.4) is 0 Å². The van der Waals surface area contributed by atoms with Crippen LogP contribution < -0.4 is 4.90 Å². The van der Waals surface area contributed by atoms with E-state index in [1.54, 1.807) is 0 Å². The summed E-state index contributed by atoms with van der Waals surface area (Å²) in [5.41, 5.74) is 1.01. The van der Waals surface area contributed by atoms with Crippen LogP contribution >= 0.6 is 0 Å². The average molecular weight is 219 g/mol. The Bertz CT molecular complexity index is 308. The largest absolute Gasteiger partial charge is 0.313 e.